The lowest BCUT2D eigenvalue weighted by Gasteiger charge is -2.01. The van der Waals surface area contributed by atoms with E-state index in [2.05, 4.69) is 22.1 Å². The highest BCUT2D eigenvalue weighted by molar-refractivity contribution is 5.92. The molecule has 0 spiro atoms. The van der Waals surface area contributed by atoms with Crippen LogP contribution in [-0.4, -0.2) is 9.97 Å². The molecule has 0 bridgehead atoms. The van der Waals surface area contributed by atoms with E-state index in [4.69, 9.17) is 0 Å². The maximum atomic E-state index is 4.60. The van der Waals surface area contributed by atoms with Crippen LogP contribution in [0.15, 0.2) is 42.6 Å². The summed E-state index contributed by atoms with van der Waals surface area (Å²) >= 11 is 0. The van der Waals surface area contributed by atoms with Crippen molar-refractivity contribution in [3.63, 3.8) is 0 Å². The summed E-state index contributed by atoms with van der Waals surface area (Å²) in [4.78, 5) is 8.87. The van der Waals surface area contributed by atoms with Gasteiger partial charge in [-0.05, 0) is 25.1 Å². The molecule has 0 saturated heterocycles. The summed E-state index contributed by atoms with van der Waals surface area (Å²) in [5.74, 6) is 0. The lowest BCUT2D eigenvalue weighted by molar-refractivity contribution is 1.22. The van der Waals surface area contributed by atoms with Gasteiger partial charge in [-0.1, -0.05) is 18.2 Å². The minimum absolute atomic E-state index is 1.00. The first kappa shape index (κ1) is 8.36. The molecule has 0 atom stereocenters. The fourth-order valence-electron chi connectivity index (χ4n) is 1.77. The lowest BCUT2D eigenvalue weighted by atomic mass is 10.1. The minimum Gasteiger partial charge on any atom is -0.261 e. The maximum absolute atomic E-state index is 4.60. The monoisotopic (exact) mass is 194 g/mol. The molecule has 2 heteroatoms. The molecule has 1 aromatic carbocycles. The van der Waals surface area contributed by atoms with E-state index in [0.717, 1.165) is 27.5 Å². The van der Waals surface area contributed by atoms with Crippen molar-refractivity contribution >= 4 is 21.8 Å². The van der Waals surface area contributed by atoms with Crippen LogP contribution >= 0.6 is 0 Å². The average molecular weight is 194 g/mol. The molecule has 0 fully saturated rings. The molecule has 15 heavy (non-hydrogen) atoms. The number of benzene rings is 1. The Labute approximate surface area is 87.6 Å². The van der Waals surface area contributed by atoms with Crippen LogP contribution in [0.1, 0.15) is 5.69 Å². The molecule has 0 unspecified atom stereocenters. The third-order valence-corrected chi connectivity index (χ3v) is 2.54. The molecule has 0 aliphatic heterocycles. The number of aryl methyl sites for hydroxylation is 1. The van der Waals surface area contributed by atoms with Gasteiger partial charge in [0, 0.05) is 22.7 Å². The van der Waals surface area contributed by atoms with Gasteiger partial charge < -0.3 is 0 Å². The van der Waals surface area contributed by atoms with Crippen LogP contribution in [0.2, 0.25) is 0 Å². The summed E-state index contributed by atoms with van der Waals surface area (Å²) < 4.78 is 0. The second-order valence-electron chi connectivity index (χ2n) is 3.70. The Hall–Kier alpha value is -1.96. The van der Waals surface area contributed by atoms with Crippen LogP contribution < -0.4 is 0 Å². The minimum atomic E-state index is 1.00. The number of fused-ring (bicyclic) bond motifs is 2. The number of hydrogen-bond acceptors (Lipinski definition) is 2. The second kappa shape index (κ2) is 3.02. The molecule has 72 valence electrons. The quantitative estimate of drug-likeness (QED) is 0.514. The van der Waals surface area contributed by atoms with E-state index >= 15 is 0 Å². The van der Waals surface area contributed by atoms with Crippen LogP contribution in [0.4, 0.5) is 0 Å². The Morgan fingerprint density at radius 3 is 2.73 bits per heavy atom. The zero-order valence-electron chi connectivity index (χ0n) is 8.44. The molecule has 2 heterocycles. The van der Waals surface area contributed by atoms with Gasteiger partial charge in [0.25, 0.3) is 0 Å². The molecule has 0 saturated carbocycles. The van der Waals surface area contributed by atoms with E-state index in [1.807, 2.05) is 37.4 Å². The van der Waals surface area contributed by atoms with Gasteiger partial charge in [0.05, 0.1) is 11.0 Å². The zero-order valence-corrected chi connectivity index (χ0v) is 8.44. The van der Waals surface area contributed by atoms with Crippen LogP contribution in [0.25, 0.3) is 21.8 Å². The first-order valence-corrected chi connectivity index (χ1v) is 4.95. The SMILES string of the molecule is Cc1cc2nc3ccccc3cc2cn1. The summed E-state index contributed by atoms with van der Waals surface area (Å²) in [7, 11) is 0. The molecule has 0 aliphatic rings. The van der Waals surface area contributed by atoms with Gasteiger partial charge in [-0.25, -0.2) is 4.98 Å². The highest BCUT2D eigenvalue weighted by atomic mass is 14.7. The topological polar surface area (TPSA) is 25.8 Å². The molecule has 0 amide bonds. The average Bonchev–Trinajstić information content (AvgIpc) is 2.26. The summed E-state index contributed by atoms with van der Waals surface area (Å²) in [5, 5.41) is 2.26. The predicted molar refractivity (Wildman–Crippen MR) is 61.8 cm³/mol. The fourth-order valence-corrected chi connectivity index (χ4v) is 1.77. The number of hydrogen-bond donors (Lipinski definition) is 0. The Kier molecular flexibility index (Phi) is 1.68. The molecule has 3 rings (SSSR count). The Balaban J connectivity index is 2.47. The van der Waals surface area contributed by atoms with E-state index in [-0.39, 0.29) is 0 Å². The van der Waals surface area contributed by atoms with E-state index in [1.165, 1.54) is 0 Å². The fraction of sp³-hybridized carbons (Fsp3) is 0.0769. The Morgan fingerprint density at radius 1 is 0.933 bits per heavy atom. The Morgan fingerprint density at radius 2 is 1.80 bits per heavy atom. The highest BCUT2D eigenvalue weighted by Gasteiger charge is 1.99. The van der Waals surface area contributed by atoms with Gasteiger partial charge >= 0.3 is 0 Å². The lowest BCUT2D eigenvalue weighted by Crippen LogP contribution is -1.85. The van der Waals surface area contributed by atoms with E-state index in [9.17, 15) is 0 Å². The molecule has 2 aromatic heterocycles. The smallest absolute Gasteiger partial charge is 0.0743 e. The Bertz CT molecular complexity index is 644. The van der Waals surface area contributed by atoms with Crippen molar-refractivity contribution in [2.45, 2.75) is 6.92 Å². The van der Waals surface area contributed by atoms with Crippen LogP contribution in [-0.2, 0) is 0 Å². The molecule has 0 N–H and O–H groups in total. The van der Waals surface area contributed by atoms with E-state index in [1.54, 1.807) is 0 Å². The standard InChI is InChI=1S/C13H10N2/c1-9-6-13-11(8-14-9)7-10-4-2-3-5-12(10)15-13/h2-8H,1H3. The van der Waals surface area contributed by atoms with Crippen molar-refractivity contribution in [2.24, 2.45) is 0 Å². The third-order valence-electron chi connectivity index (χ3n) is 2.54. The normalized spacial score (nSPS) is 11.0. The van der Waals surface area contributed by atoms with E-state index < -0.39 is 0 Å². The van der Waals surface area contributed by atoms with Gasteiger partial charge in [-0.3, -0.25) is 4.98 Å². The molecule has 0 aliphatic carbocycles. The van der Waals surface area contributed by atoms with Crippen molar-refractivity contribution in [1.82, 2.24) is 9.97 Å². The number of nitrogens with zero attached hydrogens (tertiary/aromatic N) is 2. The molecular formula is C13H10N2. The second-order valence-corrected chi connectivity index (χ2v) is 3.70. The maximum Gasteiger partial charge on any atom is 0.0743 e. The van der Waals surface area contributed by atoms with Gasteiger partial charge in [-0.15, -0.1) is 0 Å². The van der Waals surface area contributed by atoms with Crippen LogP contribution in [0.3, 0.4) is 0 Å². The number of pyridine rings is 2. The molecule has 2 nitrogen and oxygen atoms in total. The summed E-state index contributed by atoms with van der Waals surface area (Å²) in [5.41, 5.74) is 3.06. The molecule has 0 radical (unpaired) electrons. The third kappa shape index (κ3) is 1.34. The van der Waals surface area contributed by atoms with Gasteiger partial charge in [0.2, 0.25) is 0 Å². The number of rotatable bonds is 0. The summed E-state index contributed by atoms with van der Waals surface area (Å²) in [6.07, 6.45) is 1.88. The number of para-hydroxylation sites is 1. The van der Waals surface area contributed by atoms with Crippen molar-refractivity contribution in [3.8, 4) is 0 Å². The zero-order chi connectivity index (χ0) is 10.3. The predicted octanol–water partition coefficient (Wildman–Crippen LogP) is 3.09. The van der Waals surface area contributed by atoms with Crippen molar-refractivity contribution in [2.75, 3.05) is 0 Å². The van der Waals surface area contributed by atoms with Crippen LogP contribution in [0.5, 0.6) is 0 Å². The van der Waals surface area contributed by atoms with Gasteiger partial charge in [0.1, 0.15) is 0 Å². The first-order valence-electron chi connectivity index (χ1n) is 4.95. The summed E-state index contributed by atoms with van der Waals surface area (Å²) in [6.45, 7) is 1.98. The van der Waals surface area contributed by atoms with Crippen molar-refractivity contribution < 1.29 is 0 Å². The summed E-state index contributed by atoms with van der Waals surface area (Å²) in [6, 6.07) is 12.3. The van der Waals surface area contributed by atoms with Gasteiger partial charge in [-0.2, -0.15) is 0 Å². The first-order chi connectivity index (χ1) is 7.33. The largest absolute Gasteiger partial charge is 0.261 e. The van der Waals surface area contributed by atoms with E-state index in [0.29, 0.717) is 0 Å². The molecule has 3 aromatic rings. The highest BCUT2D eigenvalue weighted by Crippen LogP contribution is 2.18. The van der Waals surface area contributed by atoms with Crippen molar-refractivity contribution in [3.05, 3.63) is 48.3 Å². The number of aromatic nitrogens is 2. The van der Waals surface area contributed by atoms with Gasteiger partial charge in [0.15, 0.2) is 0 Å². The van der Waals surface area contributed by atoms with Crippen molar-refractivity contribution in [1.29, 1.82) is 0 Å². The molecular weight excluding hydrogens is 184 g/mol. The van der Waals surface area contributed by atoms with Crippen LogP contribution in [0, 0.1) is 6.92 Å².